The Morgan fingerprint density at radius 1 is 1.19 bits per heavy atom. The molecule has 0 spiro atoms. The van der Waals surface area contributed by atoms with Gasteiger partial charge in [0.1, 0.15) is 6.10 Å². The van der Waals surface area contributed by atoms with Crippen LogP contribution in [0, 0.1) is 0 Å². The smallest absolute Gasteiger partial charge is 0.316 e. The number of rotatable bonds is 6. The van der Waals surface area contributed by atoms with Crippen molar-refractivity contribution in [2.24, 2.45) is 0 Å². The van der Waals surface area contributed by atoms with Gasteiger partial charge < -0.3 is 4.74 Å². The van der Waals surface area contributed by atoms with Crippen molar-refractivity contribution in [3.8, 4) is 6.01 Å². The van der Waals surface area contributed by atoms with Crippen molar-refractivity contribution in [3.63, 3.8) is 0 Å². The third-order valence-electron chi connectivity index (χ3n) is 4.42. The average molecular weight is 410 g/mol. The van der Waals surface area contributed by atoms with Gasteiger partial charge in [-0.2, -0.15) is 0 Å². The molecular formula is C18H20ClN3O4S. The first-order valence-electron chi connectivity index (χ1n) is 8.61. The molecular weight excluding hydrogens is 390 g/mol. The number of hydrogen-bond donors (Lipinski definition) is 1. The molecule has 2 aromatic rings. The molecule has 1 aliphatic carbocycles. The lowest BCUT2D eigenvalue weighted by Gasteiger charge is -2.28. The van der Waals surface area contributed by atoms with Gasteiger partial charge in [0.05, 0.1) is 22.3 Å². The highest BCUT2D eigenvalue weighted by Crippen LogP contribution is 2.24. The predicted octanol–water partition coefficient (Wildman–Crippen LogP) is 3.00. The quantitative estimate of drug-likeness (QED) is 0.736. The van der Waals surface area contributed by atoms with E-state index in [9.17, 15) is 13.2 Å². The highest BCUT2D eigenvalue weighted by Gasteiger charge is 2.27. The zero-order valence-electron chi connectivity index (χ0n) is 14.8. The van der Waals surface area contributed by atoms with E-state index in [1.165, 1.54) is 31.5 Å². The summed E-state index contributed by atoms with van der Waals surface area (Å²) in [6, 6.07) is 6.15. The predicted molar refractivity (Wildman–Crippen MR) is 100 cm³/mol. The van der Waals surface area contributed by atoms with Crippen LogP contribution >= 0.6 is 11.6 Å². The van der Waals surface area contributed by atoms with E-state index in [1.54, 1.807) is 12.1 Å². The minimum Gasteiger partial charge on any atom is -0.460 e. The van der Waals surface area contributed by atoms with Crippen LogP contribution in [0.15, 0.2) is 41.6 Å². The molecule has 1 aromatic heterocycles. The summed E-state index contributed by atoms with van der Waals surface area (Å²) in [6.45, 7) is 1.41. The van der Waals surface area contributed by atoms with Crippen molar-refractivity contribution in [2.75, 3.05) is 0 Å². The molecule has 0 saturated heterocycles. The Labute approximate surface area is 163 Å². The van der Waals surface area contributed by atoms with Crippen molar-refractivity contribution in [2.45, 2.75) is 49.6 Å². The molecule has 1 fully saturated rings. The van der Waals surface area contributed by atoms with Crippen LogP contribution in [-0.2, 0) is 10.0 Å². The van der Waals surface area contributed by atoms with Crippen molar-refractivity contribution >= 4 is 27.4 Å². The number of halogens is 1. The minimum absolute atomic E-state index is 0.0621. The zero-order valence-corrected chi connectivity index (χ0v) is 16.3. The molecule has 27 heavy (non-hydrogen) atoms. The Balaban J connectivity index is 1.57. The second kappa shape index (κ2) is 8.33. The summed E-state index contributed by atoms with van der Waals surface area (Å²) >= 11 is 5.75. The second-order valence-electron chi connectivity index (χ2n) is 6.48. The van der Waals surface area contributed by atoms with Crippen LogP contribution in [0.4, 0.5) is 0 Å². The maximum Gasteiger partial charge on any atom is 0.316 e. The summed E-state index contributed by atoms with van der Waals surface area (Å²) in [4.78, 5) is 19.6. The lowest BCUT2D eigenvalue weighted by molar-refractivity contribution is 0.101. The molecule has 3 rings (SSSR count). The van der Waals surface area contributed by atoms with Crippen molar-refractivity contribution in [1.29, 1.82) is 0 Å². The number of carbonyl (C=O) groups excluding carboxylic acids is 1. The zero-order chi connectivity index (χ0) is 19.4. The summed E-state index contributed by atoms with van der Waals surface area (Å²) in [6.07, 6.45) is 5.54. The van der Waals surface area contributed by atoms with Gasteiger partial charge in [0, 0.05) is 11.6 Å². The van der Waals surface area contributed by atoms with Gasteiger partial charge >= 0.3 is 6.01 Å². The number of benzene rings is 1. The summed E-state index contributed by atoms with van der Waals surface area (Å²) in [5, 5.41) is 0.439. The highest BCUT2D eigenvalue weighted by atomic mass is 35.5. The number of nitrogens with zero attached hydrogens (tertiary/aromatic N) is 2. The Hall–Kier alpha value is -2.03. The van der Waals surface area contributed by atoms with E-state index in [1.807, 2.05) is 0 Å². The number of carbonyl (C=O) groups is 1. The van der Waals surface area contributed by atoms with Crippen LogP contribution < -0.4 is 9.46 Å². The van der Waals surface area contributed by atoms with Crippen LogP contribution in [0.1, 0.15) is 43.0 Å². The summed E-state index contributed by atoms with van der Waals surface area (Å²) in [5.74, 6) is -0.172. The molecule has 0 radical (unpaired) electrons. The molecule has 0 amide bonds. The first kappa shape index (κ1) is 19.7. The standard InChI is InChI=1S/C18H20ClN3O4S/c1-12(23)13-3-2-4-17(9-13)27(24,25)22-15-5-7-16(8-6-15)26-18-20-10-14(19)11-21-18/h2-4,9-11,15-16,22H,5-8H2,1H3. The number of aromatic nitrogens is 2. The van der Waals surface area contributed by atoms with Gasteiger partial charge in [-0.3, -0.25) is 4.79 Å². The number of Topliss-reactive ketones (excluding diaryl/α,β-unsaturated/α-hetero) is 1. The van der Waals surface area contributed by atoms with Crippen LogP contribution in [0.2, 0.25) is 5.02 Å². The molecule has 7 nitrogen and oxygen atoms in total. The number of hydrogen-bond acceptors (Lipinski definition) is 6. The molecule has 1 N–H and O–H groups in total. The molecule has 0 unspecified atom stereocenters. The fourth-order valence-corrected chi connectivity index (χ4v) is 4.43. The highest BCUT2D eigenvalue weighted by molar-refractivity contribution is 7.89. The molecule has 1 aromatic carbocycles. The van der Waals surface area contributed by atoms with Crippen molar-refractivity contribution in [3.05, 3.63) is 47.2 Å². The van der Waals surface area contributed by atoms with Crippen LogP contribution in [0.25, 0.3) is 0 Å². The average Bonchev–Trinajstić information content (AvgIpc) is 2.65. The topological polar surface area (TPSA) is 98.2 Å². The van der Waals surface area contributed by atoms with E-state index in [0.29, 0.717) is 36.3 Å². The number of ether oxygens (including phenoxy) is 1. The lowest BCUT2D eigenvalue weighted by Crippen LogP contribution is -2.39. The largest absolute Gasteiger partial charge is 0.460 e. The second-order valence-corrected chi connectivity index (χ2v) is 8.63. The van der Waals surface area contributed by atoms with E-state index >= 15 is 0 Å². The first-order valence-corrected chi connectivity index (χ1v) is 10.5. The first-order chi connectivity index (χ1) is 12.8. The van der Waals surface area contributed by atoms with E-state index in [2.05, 4.69) is 14.7 Å². The molecule has 144 valence electrons. The van der Waals surface area contributed by atoms with Gasteiger partial charge in [0.25, 0.3) is 0 Å². The molecule has 1 saturated carbocycles. The van der Waals surface area contributed by atoms with Crippen LogP contribution in [0.3, 0.4) is 0 Å². The van der Waals surface area contributed by atoms with Gasteiger partial charge in [0.15, 0.2) is 5.78 Å². The third-order valence-corrected chi connectivity index (χ3v) is 6.13. The third kappa shape index (κ3) is 5.24. The van der Waals surface area contributed by atoms with Crippen LogP contribution in [-0.4, -0.2) is 36.3 Å². The Kier molecular flexibility index (Phi) is 6.08. The molecule has 1 aliphatic rings. The molecule has 0 aliphatic heterocycles. The summed E-state index contributed by atoms with van der Waals surface area (Å²) in [7, 11) is -3.68. The number of nitrogens with one attached hydrogen (secondary N) is 1. The van der Waals surface area contributed by atoms with Gasteiger partial charge in [-0.15, -0.1) is 0 Å². The maximum atomic E-state index is 12.6. The van der Waals surface area contributed by atoms with E-state index in [4.69, 9.17) is 16.3 Å². The Bertz CT molecular complexity index is 910. The van der Waals surface area contributed by atoms with Crippen molar-refractivity contribution in [1.82, 2.24) is 14.7 Å². The molecule has 0 bridgehead atoms. The van der Waals surface area contributed by atoms with Crippen molar-refractivity contribution < 1.29 is 17.9 Å². The number of sulfonamides is 1. The SMILES string of the molecule is CC(=O)c1cccc(S(=O)(=O)NC2CCC(Oc3ncc(Cl)cn3)CC2)c1. The molecule has 9 heteroatoms. The van der Waals surface area contributed by atoms with Gasteiger partial charge in [0.2, 0.25) is 10.0 Å². The Morgan fingerprint density at radius 2 is 1.85 bits per heavy atom. The fourth-order valence-electron chi connectivity index (χ4n) is 2.98. The lowest BCUT2D eigenvalue weighted by atomic mass is 9.94. The van der Waals surface area contributed by atoms with Gasteiger partial charge in [-0.25, -0.2) is 23.1 Å². The van der Waals surface area contributed by atoms with E-state index in [-0.39, 0.29) is 28.8 Å². The number of ketones is 1. The van der Waals surface area contributed by atoms with E-state index < -0.39 is 10.0 Å². The monoisotopic (exact) mass is 409 g/mol. The normalized spacial score (nSPS) is 20.2. The van der Waals surface area contributed by atoms with Gasteiger partial charge in [-0.05, 0) is 44.7 Å². The Morgan fingerprint density at radius 3 is 2.48 bits per heavy atom. The fraction of sp³-hybridized carbons (Fsp3) is 0.389. The van der Waals surface area contributed by atoms with Gasteiger partial charge in [-0.1, -0.05) is 23.7 Å². The summed E-state index contributed by atoms with van der Waals surface area (Å²) in [5.41, 5.74) is 0.373. The minimum atomic E-state index is -3.68. The molecule has 0 atom stereocenters. The summed E-state index contributed by atoms with van der Waals surface area (Å²) < 4.78 is 33.6. The molecule has 1 heterocycles. The van der Waals surface area contributed by atoms with E-state index in [0.717, 1.165) is 0 Å². The maximum absolute atomic E-state index is 12.6. The van der Waals surface area contributed by atoms with Crippen LogP contribution in [0.5, 0.6) is 6.01 Å².